The molecular formula is C20H23NO3. The topological polar surface area (TPSA) is 49.8 Å². The van der Waals surface area contributed by atoms with Crippen LogP contribution in [0.25, 0.3) is 0 Å². The van der Waals surface area contributed by atoms with E-state index in [1.807, 2.05) is 59.5 Å². The van der Waals surface area contributed by atoms with Crippen LogP contribution in [0, 0.1) is 5.92 Å². The van der Waals surface area contributed by atoms with E-state index in [0.717, 1.165) is 30.7 Å². The van der Waals surface area contributed by atoms with Gasteiger partial charge < -0.3 is 14.7 Å². The zero-order chi connectivity index (χ0) is 16.9. The minimum absolute atomic E-state index is 0.0437. The van der Waals surface area contributed by atoms with Crippen LogP contribution in [0.5, 0.6) is 5.75 Å². The first-order valence-electron chi connectivity index (χ1n) is 8.35. The molecule has 126 valence electrons. The molecule has 1 N–H and O–H groups in total. The third kappa shape index (κ3) is 3.60. The van der Waals surface area contributed by atoms with Crippen LogP contribution in [0.4, 0.5) is 0 Å². The van der Waals surface area contributed by atoms with Crippen molar-refractivity contribution in [1.29, 1.82) is 0 Å². The Bertz CT molecular complexity index is 669. The monoisotopic (exact) mass is 325 g/mol. The van der Waals surface area contributed by atoms with E-state index in [1.165, 1.54) is 0 Å². The van der Waals surface area contributed by atoms with Crippen molar-refractivity contribution in [3.63, 3.8) is 0 Å². The molecule has 2 aromatic carbocycles. The second kappa shape index (κ2) is 7.49. The van der Waals surface area contributed by atoms with Gasteiger partial charge in [-0.3, -0.25) is 4.79 Å². The number of rotatable bonds is 4. The zero-order valence-corrected chi connectivity index (χ0v) is 13.9. The molecule has 1 amide bonds. The Labute approximate surface area is 142 Å². The van der Waals surface area contributed by atoms with E-state index in [-0.39, 0.29) is 11.8 Å². The minimum Gasteiger partial charge on any atom is -0.497 e. The smallest absolute Gasteiger partial charge is 0.253 e. The number of carbonyl (C=O) groups excluding carboxylic acids is 1. The van der Waals surface area contributed by atoms with E-state index < -0.39 is 6.10 Å². The van der Waals surface area contributed by atoms with Gasteiger partial charge in [-0.2, -0.15) is 0 Å². The van der Waals surface area contributed by atoms with Gasteiger partial charge in [-0.05, 0) is 42.7 Å². The number of methoxy groups -OCH3 is 1. The summed E-state index contributed by atoms with van der Waals surface area (Å²) >= 11 is 0. The zero-order valence-electron chi connectivity index (χ0n) is 13.9. The van der Waals surface area contributed by atoms with E-state index in [4.69, 9.17) is 4.74 Å². The Morgan fingerprint density at radius 1 is 1.17 bits per heavy atom. The van der Waals surface area contributed by atoms with Gasteiger partial charge in [-0.15, -0.1) is 0 Å². The fourth-order valence-electron chi connectivity index (χ4n) is 3.29. The summed E-state index contributed by atoms with van der Waals surface area (Å²) < 4.78 is 5.16. The Morgan fingerprint density at radius 2 is 1.88 bits per heavy atom. The molecule has 0 aromatic heterocycles. The molecule has 4 heteroatoms. The molecule has 1 heterocycles. The van der Waals surface area contributed by atoms with Gasteiger partial charge in [0.05, 0.1) is 13.2 Å². The summed E-state index contributed by atoms with van der Waals surface area (Å²) in [5.74, 6) is 0.873. The SMILES string of the molecule is COc1ccc([C@@H](O)C2CCCN(C(=O)c3ccccc3)C2)cc1. The lowest BCUT2D eigenvalue weighted by Gasteiger charge is -2.35. The Hall–Kier alpha value is -2.33. The van der Waals surface area contributed by atoms with Crippen LogP contribution in [0.2, 0.25) is 0 Å². The molecule has 4 nitrogen and oxygen atoms in total. The first kappa shape index (κ1) is 16.5. The normalized spacial score (nSPS) is 18.9. The number of piperidine rings is 1. The van der Waals surface area contributed by atoms with Crippen LogP contribution in [-0.4, -0.2) is 36.1 Å². The molecule has 0 radical (unpaired) electrons. The maximum atomic E-state index is 12.6. The maximum Gasteiger partial charge on any atom is 0.253 e. The van der Waals surface area contributed by atoms with Crippen LogP contribution in [-0.2, 0) is 0 Å². The Balaban J connectivity index is 1.69. The van der Waals surface area contributed by atoms with Gasteiger partial charge in [0.1, 0.15) is 5.75 Å². The summed E-state index contributed by atoms with van der Waals surface area (Å²) in [5.41, 5.74) is 1.58. The fourth-order valence-corrected chi connectivity index (χ4v) is 3.29. The molecule has 0 bridgehead atoms. The standard InChI is InChI=1S/C20H23NO3/c1-24-18-11-9-15(10-12-18)19(22)17-8-5-13-21(14-17)20(23)16-6-3-2-4-7-16/h2-4,6-7,9-12,17,19,22H,5,8,13-14H2,1H3/t17?,19-/m1/s1. The van der Waals surface area contributed by atoms with Crippen LogP contribution in [0.1, 0.15) is 34.9 Å². The van der Waals surface area contributed by atoms with Crippen molar-refractivity contribution < 1.29 is 14.6 Å². The molecule has 3 rings (SSSR count). The molecule has 1 aliphatic rings. The Morgan fingerprint density at radius 3 is 2.54 bits per heavy atom. The molecule has 1 saturated heterocycles. The molecule has 2 atom stereocenters. The number of aliphatic hydroxyl groups excluding tert-OH is 1. The molecule has 2 aromatic rings. The molecule has 0 aliphatic carbocycles. The van der Waals surface area contributed by atoms with Gasteiger partial charge in [0.25, 0.3) is 5.91 Å². The van der Waals surface area contributed by atoms with E-state index in [2.05, 4.69) is 0 Å². The highest BCUT2D eigenvalue weighted by Crippen LogP contribution is 2.31. The predicted molar refractivity (Wildman–Crippen MR) is 93.0 cm³/mol. The molecule has 24 heavy (non-hydrogen) atoms. The van der Waals surface area contributed by atoms with Crippen molar-refractivity contribution in [2.24, 2.45) is 5.92 Å². The van der Waals surface area contributed by atoms with Gasteiger partial charge in [0.15, 0.2) is 0 Å². The van der Waals surface area contributed by atoms with Crippen molar-refractivity contribution in [3.05, 3.63) is 65.7 Å². The van der Waals surface area contributed by atoms with Gasteiger partial charge >= 0.3 is 0 Å². The summed E-state index contributed by atoms with van der Waals surface area (Å²) in [6.45, 7) is 1.33. The van der Waals surface area contributed by atoms with Crippen LogP contribution in [0.15, 0.2) is 54.6 Å². The summed E-state index contributed by atoms with van der Waals surface area (Å²) in [4.78, 5) is 14.5. The lowest BCUT2D eigenvalue weighted by Crippen LogP contribution is -2.41. The summed E-state index contributed by atoms with van der Waals surface area (Å²) in [6.07, 6.45) is 1.27. The molecule has 1 unspecified atom stereocenters. The first-order valence-corrected chi connectivity index (χ1v) is 8.35. The minimum atomic E-state index is -0.567. The van der Waals surface area contributed by atoms with Crippen LogP contribution < -0.4 is 4.74 Å². The second-order valence-corrected chi connectivity index (χ2v) is 6.24. The lowest BCUT2D eigenvalue weighted by atomic mass is 9.88. The summed E-state index contributed by atoms with van der Waals surface area (Å²) in [5, 5.41) is 10.7. The number of aliphatic hydroxyl groups is 1. The third-order valence-electron chi connectivity index (χ3n) is 4.67. The van der Waals surface area contributed by atoms with Crippen molar-refractivity contribution >= 4 is 5.91 Å². The lowest BCUT2D eigenvalue weighted by molar-refractivity contribution is 0.0401. The number of likely N-dealkylation sites (tertiary alicyclic amines) is 1. The number of carbonyl (C=O) groups is 1. The fraction of sp³-hybridized carbons (Fsp3) is 0.350. The number of benzene rings is 2. The van der Waals surface area contributed by atoms with Gasteiger partial charge in [0, 0.05) is 24.6 Å². The third-order valence-corrected chi connectivity index (χ3v) is 4.67. The first-order chi connectivity index (χ1) is 11.7. The van der Waals surface area contributed by atoms with Crippen molar-refractivity contribution in [3.8, 4) is 5.75 Å². The summed E-state index contributed by atoms with van der Waals surface area (Å²) in [6, 6.07) is 16.8. The van der Waals surface area contributed by atoms with Crippen molar-refractivity contribution in [2.45, 2.75) is 18.9 Å². The van der Waals surface area contributed by atoms with Gasteiger partial charge in [0.2, 0.25) is 0 Å². The molecule has 0 spiro atoms. The number of hydrogen-bond donors (Lipinski definition) is 1. The van der Waals surface area contributed by atoms with Crippen molar-refractivity contribution in [2.75, 3.05) is 20.2 Å². The van der Waals surface area contributed by atoms with E-state index in [0.29, 0.717) is 12.1 Å². The highest BCUT2D eigenvalue weighted by molar-refractivity contribution is 5.94. The predicted octanol–water partition coefficient (Wildman–Crippen LogP) is 3.28. The number of amides is 1. The molecule has 1 aliphatic heterocycles. The second-order valence-electron chi connectivity index (χ2n) is 6.24. The maximum absolute atomic E-state index is 12.6. The number of hydrogen-bond acceptors (Lipinski definition) is 3. The largest absolute Gasteiger partial charge is 0.497 e. The average molecular weight is 325 g/mol. The molecule has 0 saturated carbocycles. The van der Waals surface area contributed by atoms with Gasteiger partial charge in [-0.25, -0.2) is 0 Å². The summed E-state index contributed by atoms with van der Waals surface area (Å²) in [7, 11) is 1.62. The van der Waals surface area contributed by atoms with E-state index in [1.54, 1.807) is 7.11 Å². The van der Waals surface area contributed by atoms with Crippen molar-refractivity contribution in [1.82, 2.24) is 4.90 Å². The van der Waals surface area contributed by atoms with E-state index in [9.17, 15) is 9.90 Å². The quantitative estimate of drug-likeness (QED) is 0.938. The van der Waals surface area contributed by atoms with Gasteiger partial charge in [-0.1, -0.05) is 30.3 Å². The van der Waals surface area contributed by atoms with Crippen LogP contribution in [0.3, 0.4) is 0 Å². The highest BCUT2D eigenvalue weighted by atomic mass is 16.5. The average Bonchev–Trinajstić information content (AvgIpc) is 2.67. The number of ether oxygens (including phenoxy) is 1. The van der Waals surface area contributed by atoms with Crippen LogP contribution >= 0.6 is 0 Å². The Kier molecular flexibility index (Phi) is 5.16. The molecule has 1 fully saturated rings. The number of nitrogens with zero attached hydrogens (tertiary/aromatic N) is 1. The highest BCUT2D eigenvalue weighted by Gasteiger charge is 2.29. The molecular weight excluding hydrogens is 302 g/mol. The van der Waals surface area contributed by atoms with E-state index >= 15 is 0 Å².